The molecule has 1 fully saturated rings. The number of ether oxygens (including phenoxy) is 2. The summed E-state index contributed by atoms with van der Waals surface area (Å²) < 4.78 is 33.0. The molecule has 1 atom stereocenters. The van der Waals surface area contributed by atoms with Crippen molar-refractivity contribution in [2.24, 2.45) is 4.99 Å². The highest BCUT2D eigenvalue weighted by atomic mass is 32.2. The summed E-state index contributed by atoms with van der Waals surface area (Å²) in [6.45, 7) is 4.87. The number of sulfone groups is 1. The van der Waals surface area contributed by atoms with E-state index in [1.807, 2.05) is 6.92 Å². The van der Waals surface area contributed by atoms with Gasteiger partial charge in [-0.15, -0.1) is 0 Å². The predicted octanol–water partition coefficient (Wildman–Crippen LogP) is -0.608. The van der Waals surface area contributed by atoms with Gasteiger partial charge in [0.25, 0.3) is 0 Å². The normalized spacial score (nSPS) is 21.9. The smallest absolute Gasteiger partial charge is 0.191 e. The van der Waals surface area contributed by atoms with Crippen LogP contribution in [-0.4, -0.2) is 71.9 Å². The zero-order chi connectivity index (χ0) is 14.8. The summed E-state index contributed by atoms with van der Waals surface area (Å²) in [5, 5.41) is 6.26. The van der Waals surface area contributed by atoms with Crippen molar-refractivity contribution in [3.63, 3.8) is 0 Å². The van der Waals surface area contributed by atoms with Gasteiger partial charge in [0.15, 0.2) is 15.8 Å². The van der Waals surface area contributed by atoms with Gasteiger partial charge < -0.3 is 20.1 Å². The fourth-order valence-electron chi connectivity index (χ4n) is 1.89. The SMILES string of the molecule is CCNC(=NCCOCCOC)NC1CCS(=O)(=O)C1. The Bertz CT molecular complexity index is 398. The number of guanidine groups is 1. The molecule has 118 valence electrons. The molecule has 1 saturated heterocycles. The van der Waals surface area contributed by atoms with Crippen LogP contribution < -0.4 is 10.6 Å². The second-order valence-corrected chi connectivity index (χ2v) is 6.84. The first kappa shape index (κ1) is 17.2. The summed E-state index contributed by atoms with van der Waals surface area (Å²) in [6.07, 6.45) is 0.636. The second kappa shape index (κ2) is 9.15. The van der Waals surface area contributed by atoms with E-state index in [4.69, 9.17) is 9.47 Å². The maximum absolute atomic E-state index is 11.4. The Balaban J connectivity index is 2.32. The minimum absolute atomic E-state index is 0.0489. The first-order chi connectivity index (χ1) is 9.57. The highest BCUT2D eigenvalue weighted by molar-refractivity contribution is 7.91. The van der Waals surface area contributed by atoms with Gasteiger partial charge >= 0.3 is 0 Å². The zero-order valence-corrected chi connectivity index (χ0v) is 13.0. The van der Waals surface area contributed by atoms with E-state index in [0.29, 0.717) is 38.7 Å². The van der Waals surface area contributed by atoms with Gasteiger partial charge in [0.2, 0.25) is 0 Å². The van der Waals surface area contributed by atoms with Crippen LogP contribution >= 0.6 is 0 Å². The lowest BCUT2D eigenvalue weighted by Crippen LogP contribution is -2.44. The number of nitrogens with zero attached hydrogens (tertiary/aromatic N) is 1. The highest BCUT2D eigenvalue weighted by Crippen LogP contribution is 2.10. The quantitative estimate of drug-likeness (QED) is 0.353. The summed E-state index contributed by atoms with van der Waals surface area (Å²) in [5.74, 6) is 1.08. The first-order valence-electron chi connectivity index (χ1n) is 6.89. The number of hydrogen-bond acceptors (Lipinski definition) is 5. The van der Waals surface area contributed by atoms with Gasteiger partial charge in [0, 0.05) is 19.7 Å². The molecule has 1 unspecified atom stereocenters. The maximum atomic E-state index is 11.4. The van der Waals surface area contributed by atoms with Crippen molar-refractivity contribution in [2.45, 2.75) is 19.4 Å². The van der Waals surface area contributed by atoms with Crippen LogP contribution in [0.2, 0.25) is 0 Å². The Kier molecular flexibility index (Phi) is 7.86. The van der Waals surface area contributed by atoms with Crippen LogP contribution in [0.25, 0.3) is 0 Å². The minimum atomic E-state index is -2.88. The number of hydrogen-bond donors (Lipinski definition) is 2. The molecule has 0 aromatic heterocycles. The molecule has 0 saturated carbocycles. The lowest BCUT2D eigenvalue weighted by molar-refractivity contribution is 0.0748. The number of rotatable bonds is 8. The van der Waals surface area contributed by atoms with E-state index in [0.717, 1.165) is 6.54 Å². The van der Waals surface area contributed by atoms with Gasteiger partial charge in [-0.05, 0) is 13.3 Å². The van der Waals surface area contributed by atoms with Gasteiger partial charge in [-0.2, -0.15) is 0 Å². The standard InChI is InChI=1S/C12H25N3O4S/c1-3-13-12(14-5-6-19-8-7-18-2)15-11-4-9-20(16,17)10-11/h11H,3-10H2,1-2H3,(H2,13,14,15). The van der Waals surface area contributed by atoms with E-state index in [1.165, 1.54) is 0 Å². The first-order valence-corrected chi connectivity index (χ1v) is 8.71. The molecule has 1 rings (SSSR count). The number of aliphatic imine (C=N–C) groups is 1. The molecular formula is C12H25N3O4S. The third-order valence-electron chi connectivity index (χ3n) is 2.85. The average Bonchev–Trinajstić information content (AvgIpc) is 2.73. The van der Waals surface area contributed by atoms with E-state index in [-0.39, 0.29) is 17.5 Å². The largest absolute Gasteiger partial charge is 0.382 e. The van der Waals surface area contributed by atoms with E-state index in [2.05, 4.69) is 15.6 Å². The molecule has 0 spiro atoms. The third kappa shape index (κ3) is 7.06. The molecule has 1 aliphatic heterocycles. The lowest BCUT2D eigenvalue weighted by atomic mass is 10.3. The van der Waals surface area contributed by atoms with Gasteiger partial charge in [-0.25, -0.2) is 8.42 Å². The maximum Gasteiger partial charge on any atom is 0.191 e. The van der Waals surface area contributed by atoms with Crippen molar-refractivity contribution >= 4 is 15.8 Å². The Morgan fingerprint density at radius 3 is 2.75 bits per heavy atom. The molecule has 1 heterocycles. The molecule has 0 aromatic carbocycles. The van der Waals surface area contributed by atoms with Crippen LogP contribution in [0.3, 0.4) is 0 Å². The van der Waals surface area contributed by atoms with Crippen molar-refractivity contribution in [2.75, 3.05) is 51.5 Å². The topological polar surface area (TPSA) is 89.0 Å². The minimum Gasteiger partial charge on any atom is -0.382 e. The van der Waals surface area contributed by atoms with Crippen molar-refractivity contribution in [3.8, 4) is 0 Å². The van der Waals surface area contributed by atoms with Crippen LogP contribution in [0, 0.1) is 0 Å². The van der Waals surface area contributed by atoms with Gasteiger partial charge in [0.05, 0.1) is 37.9 Å². The number of nitrogens with one attached hydrogen (secondary N) is 2. The Morgan fingerprint density at radius 2 is 2.15 bits per heavy atom. The van der Waals surface area contributed by atoms with E-state index >= 15 is 0 Å². The van der Waals surface area contributed by atoms with Crippen molar-refractivity contribution < 1.29 is 17.9 Å². The molecule has 2 N–H and O–H groups in total. The Labute approximate surface area is 121 Å². The Morgan fingerprint density at radius 1 is 1.35 bits per heavy atom. The van der Waals surface area contributed by atoms with Gasteiger partial charge in [-0.1, -0.05) is 0 Å². The summed E-state index contributed by atoms with van der Waals surface area (Å²) in [7, 11) is -1.25. The summed E-state index contributed by atoms with van der Waals surface area (Å²) in [5.41, 5.74) is 0. The second-order valence-electron chi connectivity index (χ2n) is 4.61. The molecule has 20 heavy (non-hydrogen) atoms. The average molecular weight is 307 g/mol. The van der Waals surface area contributed by atoms with Crippen LogP contribution in [0.5, 0.6) is 0 Å². The van der Waals surface area contributed by atoms with E-state index < -0.39 is 9.84 Å². The Hall–Kier alpha value is -0.860. The lowest BCUT2D eigenvalue weighted by Gasteiger charge is -2.15. The molecule has 0 amide bonds. The van der Waals surface area contributed by atoms with E-state index in [1.54, 1.807) is 7.11 Å². The molecule has 0 radical (unpaired) electrons. The van der Waals surface area contributed by atoms with Crippen molar-refractivity contribution in [1.82, 2.24) is 10.6 Å². The molecule has 0 aliphatic carbocycles. The van der Waals surface area contributed by atoms with Crippen LogP contribution in [0.1, 0.15) is 13.3 Å². The fraction of sp³-hybridized carbons (Fsp3) is 0.917. The molecular weight excluding hydrogens is 282 g/mol. The fourth-order valence-corrected chi connectivity index (χ4v) is 3.56. The summed E-state index contributed by atoms with van der Waals surface area (Å²) in [4.78, 5) is 4.36. The third-order valence-corrected chi connectivity index (χ3v) is 4.62. The molecule has 0 bridgehead atoms. The van der Waals surface area contributed by atoms with Crippen molar-refractivity contribution in [1.29, 1.82) is 0 Å². The zero-order valence-electron chi connectivity index (χ0n) is 12.2. The van der Waals surface area contributed by atoms with E-state index in [9.17, 15) is 8.42 Å². The van der Waals surface area contributed by atoms with Gasteiger partial charge in [-0.3, -0.25) is 4.99 Å². The highest BCUT2D eigenvalue weighted by Gasteiger charge is 2.28. The predicted molar refractivity (Wildman–Crippen MR) is 78.9 cm³/mol. The number of methoxy groups -OCH3 is 1. The van der Waals surface area contributed by atoms with Crippen molar-refractivity contribution in [3.05, 3.63) is 0 Å². The van der Waals surface area contributed by atoms with Gasteiger partial charge in [0.1, 0.15) is 0 Å². The summed E-state index contributed by atoms with van der Waals surface area (Å²) in [6, 6.07) is -0.0489. The molecule has 0 aromatic rings. The van der Waals surface area contributed by atoms with Crippen LogP contribution in [-0.2, 0) is 19.3 Å². The van der Waals surface area contributed by atoms with Crippen LogP contribution in [0.15, 0.2) is 4.99 Å². The molecule has 8 heteroatoms. The molecule has 7 nitrogen and oxygen atoms in total. The van der Waals surface area contributed by atoms with Crippen LogP contribution in [0.4, 0.5) is 0 Å². The summed E-state index contributed by atoms with van der Waals surface area (Å²) >= 11 is 0. The monoisotopic (exact) mass is 307 g/mol. The molecule has 1 aliphatic rings.